The molecule has 0 bridgehead atoms. The molecular weight excluding hydrogens is 292 g/mol. The van der Waals surface area contributed by atoms with E-state index in [4.69, 9.17) is 4.74 Å². The monoisotopic (exact) mass is 304 g/mol. The molecule has 8 nitrogen and oxygen atoms in total. The van der Waals surface area contributed by atoms with Gasteiger partial charge in [-0.25, -0.2) is 14.5 Å². The van der Waals surface area contributed by atoms with Crippen molar-refractivity contribution in [2.24, 2.45) is 7.05 Å². The first-order valence-corrected chi connectivity index (χ1v) is 7.07. The fraction of sp³-hybridized carbons (Fsp3) is 0.250. The highest BCUT2D eigenvalue weighted by Crippen LogP contribution is 2.20. The molecule has 21 heavy (non-hydrogen) atoms. The Morgan fingerprint density at radius 1 is 1.48 bits per heavy atom. The molecule has 0 unspecified atom stereocenters. The van der Waals surface area contributed by atoms with Crippen LogP contribution in [0.25, 0.3) is 5.65 Å². The number of methoxy groups -OCH3 is 1. The van der Waals surface area contributed by atoms with Crippen molar-refractivity contribution >= 4 is 23.4 Å². The highest BCUT2D eigenvalue weighted by Gasteiger charge is 2.14. The number of aromatic nitrogens is 6. The Labute approximate surface area is 124 Å². The quantitative estimate of drug-likeness (QED) is 0.523. The van der Waals surface area contributed by atoms with E-state index >= 15 is 0 Å². The third-order valence-electron chi connectivity index (χ3n) is 2.87. The number of fused-ring (bicyclic) bond motifs is 1. The molecule has 108 valence electrons. The number of esters is 1. The second kappa shape index (κ2) is 5.52. The van der Waals surface area contributed by atoms with Crippen LogP contribution < -0.4 is 0 Å². The Morgan fingerprint density at radius 3 is 3.05 bits per heavy atom. The molecule has 0 fully saturated rings. The third kappa shape index (κ3) is 2.59. The molecule has 0 aliphatic rings. The number of carbonyl (C=O) groups excluding carboxylic acids is 1. The predicted octanol–water partition coefficient (Wildman–Crippen LogP) is 0.937. The van der Waals surface area contributed by atoms with Gasteiger partial charge in [-0.15, -0.1) is 5.10 Å². The molecule has 0 saturated heterocycles. The first-order valence-electron chi connectivity index (χ1n) is 6.09. The van der Waals surface area contributed by atoms with E-state index in [1.54, 1.807) is 28.3 Å². The standard InChI is InChI=1S/C12H12N6O2S/c1-17-12(14-15-16-17)21-7-8-6-18-5-3-4-9(10(18)13-8)11(19)20-2/h3-6H,7H2,1-2H3. The van der Waals surface area contributed by atoms with E-state index in [-0.39, 0.29) is 0 Å². The number of pyridine rings is 1. The van der Waals surface area contributed by atoms with Gasteiger partial charge >= 0.3 is 5.97 Å². The average Bonchev–Trinajstić information content (AvgIpc) is 3.09. The van der Waals surface area contributed by atoms with Crippen molar-refractivity contribution in [3.63, 3.8) is 0 Å². The Kier molecular flexibility index (Phi) is 3.57. The van der Waals surface area contributed by atoms with E-state index in [0.717, 1.165) is 5.69 Å². The molecule has 0 N–H and O–H groups in total. The van der Waals surface area contributed by atoms with Gasteiger partial charge in [-0.2, -0.15) is 0 Å². The maximum Gasteiger partial charge on any atom is 0.341 e. The number of nitrogens with zero attached hydrogens (tertiary/aromatic N) is 6. The number of aryl methyl sites for hydroxylation is 1. The molecule has 9 heteroatoms. The van der Waals surface area contributed by atoms with Crippen molar-refractivity contribution in [1.82, 2.24) is 29.6 Å². The maximum atomic E-state index is 11.7. The van der Waals surface area contributed by atoms with Crippen LogP contribution in [0.15, 0.2) is 29.7 Å². The van der Waals surface area contributed by atoms with Crippen molar-refractivity contribution in [1.29, 1.82) is 0 Å². The fourth-order valence-electron chi connectivity index (χ4n) is 1.88. The van der Waals surface area contributed by atoms with Gasteiger partial charge in [-0.05, 0) is 22.6 Å². The van der Waals surface area contributed by atoms with Gasteiger partial charge in [0.1, 0.15) is 5.56 Å². The number of carbonyl (C=O) groups is 1. The summed E-state index contributed by atoms with van der Waals surface area (Å²) in [5, 5.41) is 12.0. The van der Waals surface area contributed by atoms with Crippen molar-refractivity contribution in [3.05, 3.63) is 35.8 Å². The average molecular weight is 304 g/mol. The van der Waals surface area contributed by atoms with Crippen molar-refractivity contribution in [2.45, 2.75) is 10.9 Å². The van der Waals surface area contributed by atoms with Crippen molar-refractivity contribution in [3.8, 4) is 0 Å². The van der Waals surface area contributed by atoms with Gasteiger partial charge < -0.3 is 9.14 Å². The van der Waals surface area contributed by atoms with Crippen LogP contribution in [0.5, 0.6) is 0 Å². The van der Waals surface area contributed by atoms with Crippen LogP contribution in [0.4, 0.5) is 0 Å². The molecular formula is C12H12N6O2S. The van der Waals surface area contributed by atoms with Crippen LogP contribution >= 0.6 is 11.8 Å². The summed E-state index contributed by atoms with van der Waals surface area (Å²) in [5.74, 6) is 0.208. The molecule has 3 heterocycles. The number of hydrogen-bond acceptors (Lipinski definition) is 7. The molecule has 0 spiro atoms. The molecule has 0 aliphatic carbocycles. The zero-order chi connectivity index (χ0) is 14.8. The minimum atomic E-state index is -0.400. The zero-order valence-corrected chi connectivity index (χ0v) is 12.2. The summed E-state index contributed by atoms with van der Waals surface area (Å²) in [6, 6.07) is 3.47. The van der Waals surface area contributed by atoms with Crippen molar-refractivity contribution < 1.29 is 9.53 Å². The molecule has 3 rings (SSSR count). The lowest BCUT2D eigenvalue weighted by molar-refractivity contribution is 0.0602. The van der Waals surface area contributed by atoms with E-state index in [1.165, 1.54) is 18.9 Å². The summed E-state index contributed by atoms with van der Waals surface area (Å²) < 4.78 is 8.16. The highest BCUT2D eigenvalue weighted by molar-refractivity contribution is 7.98. The van der Waals surface area contributed by atoms with Crippen LogP contribution in [0.2, 0.25) is 0 Å². The van der Waals surface area contributed by atoms with Crippen LogP contribution in [0.1, 0.15) is 16.1 Å². The zero-order valence-electron chi connectivity index (χ0n) is 11.4. The van der Waals surface area contributed by atoms with Crippen LogP contribution in [-0.4, -0.2) is 42.7 Å². The van der Waals surface area contributed by atoms with Crippen molar-refractivity contribution in [2.75, 3.05) is 7.11 Å². The summed E-state index contributed by atoms with van der Waals surface area (Å²) in [7, 11) is 3.13. The Bertz CT molecular complexity index is 796. The minimum Gasteiger partial charge on any atom is -0.465 e. The van der Waals surface area contributed by atoms with Gasteiger partial charge in [0.25, 0.3) is 0 Å². The molecule has 0 atom stereocenters. The van der Waals surface area contributed by atoms with E-state index in [0.29, 0.717) is 22.1 Å². The van der Waals surface area contributed by atoms with E-state index in [2.05, 4.69) is 20.5 Å². The summed E-state index contributed by atoms with van der Waals surface area (Å²) in [4.78, 5) is 16.2. The molecule has 0 radical (unpaired) electrons. The first-order chi connectivity index (χ1) is 10.2. The Morgan fingerprint density at radius 2 is 2.33 bits per heavy atom. The second-order valence-electron chi connectivity index (χ2n) is 4.25. The van der Waals surface area contributed by atoms with Gasteiger partial charge in [0.05, 0.1) is 12.8 Å². The summed E-state index contributed by atoms with van der Waals surface area (Å²) in [6.07, 6.45) is 3.71. The third-order valence-corrected chi connectivity index (χ3v) is 3.91. The predicted molar refractivity (Wildman–Crippen MR) is 74.9 cm³/mol. The minimum absolute atomic E-state index is 0.400. The molecule has 0 amide bonds. The smallest absolute Gasteiger partial charge is 0.341 e. The molecule has 0 aromatic carbocycles. The number of rotatable bonds is 4. The first kappa shape index (κ1) is 13.6. The lowest BCUT2D eigenvalue weighted by Gasteiger charge is -2.00. The number of imidazole rings is 1. The van der Waals surface area contributed by atoms with Gasteiger partial charge in [0.2, 0.25) is 5.16 Å². The van der Waals surface area contributed by atoms with Crippen LogP contribution in [0, 0.1) is 0 Å². The topological polar surface area (TPSA) is 87.2 Å². The molecule has 0 saturated carbocycles. The number of hydrogen-bond donors (Lipinski definition) is 0. The van der Waals surface area contributed by atoms with Gasteiger partial charge in [0.15, 0.2) is 5.65 Å². The summed E-state index contributed by atoms with van der Waals surface area (Å²) >= 11 is 1.48. The highest BCUT2D eigenvalue weighted by atomic mass is 32.2. The largest absolute Gasteiger partial charge is 0.465 e. The fourth-order valence-corrected chi connectivity index (χ4v) is 2.62. The molecule has 3 aromatic heterocycles. The second-order valence-corrected chi connectivity index (χ2v) is 5.19. The van der Waals surface area contributed by atoms with E-state index in [1.807, 2.05) is 12.4 Å². The van der Waals surface area contributed by atoms with E-state index < -0.39 is 5.97 Å². The molecule has 0 aliphatic heterocycles. The maximum absolute atomic E-state index is 11.7. The Hall–Kier alpha value is -2.42. The number of thioether (sulfide) groups is 1. The van der Waals surface area contributed by atoms with Gasteiger partial charge in [-0.1, -0.05) is 11.8 Å². The van der Waals surface area contributed by atoms with Crippen LogP contribution in [0.3, 0.4) is 0 Å². The number of ether oxygens (including phenoxy) is 1. The van der Waals surface area contributed by atoms with E-state index in [9.17, 15) is 4.79 Å². The van der Waals surface area contributed by atoms with Gasteiger partial charge in [-0.3, -0.25) is 0 Å². The Balaban J connectivity index is 1.87. The normalized spacial score (nSPS) is 11.0. The summed E-state index contributed by atoms with van der Waals surface area (Å²) in [6.45, 7) is 0. The lowest BCUT2D eigenvalue weighted by atomic mass is 10.3. The summed E-state index contributed by atoms with van der Waals surface area (Å²) in [5.41, 5.74) is 1.85. The van der Waals surface area contributed by atoms with Gasteiger partial charge in [0, 0.05) is 25.2 Å². The van der Waals surface area contributed by atoms with Crippen LogP contribution in [-0.2, 0) is 17.5 Å². The lowest BCUT2D eigenvalue weighted by Crippen LogP contribution is -2.03. The SMILES string of the molecule is COC(=O)c1cccn2cc(CSc3nnnn3C)nc12. The molecule has 3 aromatic rings. The number of tetrazole rings is 1.